The molecule has 1 aliphatic heterocycles. The highest BCUT2D eigenvalue weighted by atomic mass is 32.1. The van der Waals surface area contributed by atoms with Crippen molar-refractivity contribution < 1.29 is 19.0 Å². The van der Waals surface area contributed by atoms with E-state index in [4.69, 9.17) is 21.1 Å². The molecule has 204 valence electrons. The van der Waals surface area contributed by atoms with E-state index in [2.05, 4.69) is 10.6 Å². The minimum Gasteiger partial charge on any atom is -0.391 e. The number of nitrogens with one attached hydrogen (secondary N) is 3. The number of ether oxygens (including phenoxy) is 1. The topological polar surface area (TPSA) is 144 Å². The normalized spacial score (nSPS) is 20.8. The summed E-state index contributed by atoms with van der Waals surface area (Å²) in [6.07, 6.45) is 10.0. The maximum atomic E-state index is 14.6. The van der Waals surface area contributed by atoms with Crippen molar-refractivity contribution in [1.29, 1.82) is 10.7 Å². The lowest BCUT2D eigenvalue weighted by atomic mass is 9.95. The van der Waals surface area contributed by atoms with Gasteiger partial charge in [0.25, 0.3) is 0 Å². The number of benzene rings is 1. The van der Waals surface area contributed by atoms with Crippen molar-refractivity contribution in [3.05, 3.63) is 75.4 Å². The zero-order chi connectivity index (χ0) is 27.8. The molecule has 6 N–H and O–H groups in total. The molecule has 1 amide bonds. The van der Waals surface area contributed by atoms with Crippen molar-refractivity contribution in [2.24, 2.45) is 5.73 Å². The molecule has 1 aromatic heterocycles. The Morgan fingerprint density at radius 3 is 2.95 bits per heavy atom. The molecule has 1 fully saturated rings. The second-order valence-corrected chi connectivity index (χ2v) is 10.7. The number of amides is 1. The van der Waals surface area contributed by atoms with Crippen molar-refractivity contribution in [3.63, 3.8) is 0 Å². The van der Waals surface area contributed by atoms with Crippen LogP contribution in [0.3, 0.4) is 0 Å². The van der Waals surface area contributed by atoms with Crippen LogP contribution in [0.25, 0.3) is 16.7 Å². The van der Waals surface area contributed by atoms with Gasteiger partial charge < -0.3 is 31.6 Å². The standard InChI is InChI=1S/C29H32FN5O3S/c30-25-11-18(3-4-20(25)14-31)24-13-23(12-22(32)2-1-8-34-17-36)39-29(24)19-5-6-26(33)21(10-19)15-35-27-16-38-9-7-28(27)37/h3-6,10-11,13,15,17,22,27-28,33,35,37H,1-2,7-9,12,16,32H2,(H,34,36)/b21-15-,33-26?. The van der Waals surface area contributed by atoms with Gasteiger partial charge in [0.05, 0.1) is 30.0 Å². The summed E-state index contributed by atoms with van der Waals surface area (Å²) in [5, 5.41) is 33.6. The molecule has 0 bridgehead atoms. The number of aliphatic hydroxyl groups excluding tert-OH is 1. The first-order chi connectivity index (χ1) is 18.9. The number of hydrogen-bond acceptors (Lipinski definition) is 8. The van der Waals surface area contributed by atoms with Crippen molar-refractivity contribution in [3.8, 4) is 17.2 Å². The molecular weight excluding hydrogens is 517 g/mol. The number of carbonyl (C=O) groups excluding carboxylic acids is 1. The highest BCUT2D eigenvalue weighted by Crippen LogP contribution is 2.39. The molecule has 0 saturated carbocycles. The lowest BCUT2D eigenvalue weighted by molar-refractivity contribution is -0.109. The maximum Gasteiger partial charge on any atom is 0.207 e. The number of aliphatic hydroxyl groups is 1. The molecule has 3 atom stereocenters. The minimum absolute atomic E-state index is 0.0166. The summed E-state index contributed by atoms with van der Waals surface area (Å²) in [4.78, 5) is 12.4. The molecule has 2 aromatic rings. The van der Waals surface area contributed by atoms with Gasteiger partial charge in [-0.2, -0.15) is 5.26 Å². The molecule has 0 radical (unpaired) electrons. The van der Waals surface area contributed by atoms with Gasteiger partial charge in [-0.15, -0.1) is 11.3 Å². The fourth-order valence-electron chi connectivity index (χ4n) is 4.54. The number of allylic oxidation sites excluding steroid dienone is 5. The van der Waals surface area contributed by atoms with Crippen LogP contribution in [0.4, 0.5) is 4.39 Å². The second-order valence-electron chi connectivity index (χ2n) is 9.59. The Morgan fingerprint density at radius 1 is 1.36 bits per heavy atom. The van der Waals surface area contributed by atoms with E-state index >= 15 is 0 Å². The lowest BCUT2D eigenvalue weighted by Crippen LogP contribution is -2.45. The van der Waals surface area contributed by atoms with Gasteiger partial charge in [-0.05, 0) is 67.2 Å². The summed E-state index contributed by atoms with van der Waals surface area (Å²) >= 11 is 1.56. The van der Waals surface area contributed by atoms with Crippen LogP contribution < -0.4 is 16.4 Å². The molecule has 2 aliphatic rings. The number of nitrogens with two attached hydrogens (primary N) is 1. The number of halogens is 1. The van der Waals surface area contributed by atoms with E-state index in [9.17, 15) is 14.3 Å². The Bertz CT molecular complexity index is 1340. The summed E-state index contributed by atoms with van der Waals surface area (Å²) < 4.78 is 20.0. The Hall–Kier alpha value is -3.62. The largest absolute Gasteiger partial charge is 0.391 e. The van der Waals surface area contributed by atoms with Crippen LogP contribution in [0.15, 0.2) is 54.3 Å². The lowest BCUT2D eigenvalue weighted by Gasteiger charge is -2.28. The Morgan fingerprint density at radius 2 is 2.21 bits per heavy atom. The van der Waals surface area contributed by atoms with Crippen LogP contribution in [0.2, 0.25) is 0 Å². The molecule has 0 spiro atoms. The Labute approximate surface area is 231 Å². The Kier molecular flexibility index (Phi) is 9.79. The first-order valence-corrected chi connectivity index (χ1v) is 13.7. The van der Waals surface area contributed by atoms with E-state index in [-0.39, 0.29) is 17.6 Å². The third kappa shape index (κ3) is 7.28. The quantitative estimate of drug-likeness (QED) is 0.215. The number of nitrogens with zero attached hydrogens (tertiary/aromatic N) is 1. The summed E-state index contributed by atoms with van der Waals surface area (Å²) in [6.45, 7) is 1.48. The number of carbonyl (C=O) groups is 1. The SMILES string of the molecule is N#Cc1ccc(-c2cc(CC(N)CCCNC=O)sc2C2=C/C(=C/NC3COCCC3O)C(=N)C=C2)cc1F. The number of hydrogen-bond donors (Lipinski definition) is 5. The van der Waals surface area contributed by atoms with Gasteiger partial charge in [0.2, 0.25) is 6.41 Å². The van der Waals surface area contributed by atoms with Gasteiger partial charge in [0.1, 0.15) is 11.9 Å². The van der Waals surface area contributed by atoms with Crippen molar-refractivity contribution >= 4 is 29.0 Å². The fraction of sp³-hybridized carbons (Fsp3) is 0.345. The molecule has 1 saturated heterocycles. The predicted molar refractivity (Wildman–Crippen MR) is 151 cm³/mol. The van der Waals surface area contributed by atoms with Gasteiger partial charge in [0, 0.05) is 46.3 Å². The predicted octanol–water partition coefficient (Wildman–Crippen LogP) is 3.42. The molecule has 10 heteroatoms. The van der Waals surface area contributed by atoms with E-state index < -0.39 is 11.9 Å². The zero-order valence-corrected chi connectivity index (χ0v) is 22.3. The number of nitriles is 1. The molecule has 4 rings (SSSR count). The highest BCUT2D eigenvalue weighted by Gasteiger charge is 2.23. The first kappa shape index (κ1) is 28.4. The third-order valence-electron chi connectivity index (χ3n) is 6.71. The van der Waals surface area contributed by atoms with E-state index in [1.165, 1.54) is 12.1 Å². The molecule has 39 heavy (non-hydrogen) atoms. The summed E-state index contributed by atoms with van der Waals surface area (Å²) in [7, 11) is 0. The van der Waals surface area contributed by atoms with E-state index in [0.717, 1.165) is 33.7 Å². The second kappa shape index (κ2) is 13.4. The van der Waals surface area contributed by atoms with Gasteiger partial charge >= 0.3 is 0 Å². The fourth-order valence-corrected chi connectivity index (χ4v) is 5.80. The Balaban J connectivity index is 1.64. The monoisotopic (exact) mass is 549 g/mol. The van der Waals surface area contributed by atoms with Gasteiger partial charge in [0.15, 0.2) is 0 Å². The molecule has 8 nitrogen and oxygen atoms in total. The van der Waals surface area contributed by atoms with Crippen molar-refractivity contribution in [2.45, 2.75) is 43.9 Å². The minimum atomic E-state index is -0.582. The molecular formula is C29H32FN5O3S. The van der Waals surface area contributed by atoms with E-state index in [1.54, 1.807) is 29.7 Å². The van der Waals surface area contributed by atoms with Crippen LogP contribution in [0, 0.1) is 22.6 Å². The van der Waals surface area contributed by atoms with Crippen LogP contribution in [-0.4, -0.2) is 55.2 Å². The van der Waals surface area contributed by atoms with E-state index in [0.29, 0.717) is 55.9 Å². The maximum absolute atomic E-state index is 14.6. The van der Waals surface area contributed by atoms with Crippen molar-refractivity contribution in [1.82, 2.24) is 10.6 Å². The summed E-state index contributed by atoms with van der Waals surface area (Å²) in [5.41, 5.74) is 9.66. The third-order valence-corrected chi connectivity index (χ3v) is 7.92. The average Bonchev–Trinajstić information content (AvgIpc) is 3.35. The number of rotatable bonds is 11. The zero-order valence-electron chi connectivity index (χ0n) is 21.5. The van der Waals surface area contributed by atoms with E-state index in [1.807, 2.05) is 24.3 Å². The van der Waals surface area contributed by atoms with Gasteiger partial charge in [-0.3, -0.25) is 4.79 Å². The number of thiophene rings is 1. The van der Waals surface area contributed by atoms with Crippen LogP contribution in [-0.2, 0) is 16.0 Å². The molecule has 3 unspecified atom stereocenters. The van der Waals surface area contributed by atoms with Crippen molar-refractivity contribution in [2.75, 3.05) is 19.8 Å². The smallest absolute Gasteiger partial charge is 0.207 e. The van der Waals surface area contributed by atoms with Crippen LogP contribution >= 0.6 is 11.3 Å². The first-order valence-electron chi connectivity index (χ1n) is 12.9. The van der Waals surface area contributed by atoms with Gasteiger partial charge in [-0.25, -0.2) is 4.39 Å². The highest BCUT2D eigenvalue weighted by molar-refractivity contribution is 7.13. The van der Waals surface area contributed by atoms with Crippen LogP contribution in [0.5, 0.6) is 0 Å². The summed E-state index contributed by atoms with van der Waals surface area (Å²) in [5.74, 6) is -0.582. The summed E-state index contributed by atoms with van der Waals surface area (Å²) in [6, 6.07) is 8.10. The molecule has 2 heterocycles. The average molecular weight is 550 g/mol. The molecule has 1 aliphatic carbocycles. The molecule has 1 aromatic carbocycles. The van der Waals surface area contributed by atoms with Gasteiger partial charge in [-0.1, -0.05) is 12.1 Å². The van der Waals surface area contributed by atoms with Crippen LogP contribution in [0.1, 0.15) is 34.6 Å².